The highest BCUT2D eigenvalue weighted by Crippen LogP contribution is 2.32. The monoisotopic (exact) mass is 503 g/mol. The van der Waals surface area contributed by atoms with Gasteiger partial charge >= 0.3 is 5.97 Å². The van der Waals surface area contributed by atoms with Crippen molar-refractivity contribution < 1.29 is 19.0 Å². The average molecular weight is 504 g/mol. The van der Waals surface area contributed by atoms with Crippen molar-refractivity contribution in [3.63, 3.8) is 0 Å². The van der Waals surface area contributed by atoms with Crippen LogP contribution in [0.3, 0.4) is 0 Å². The number of fused-ring (bicyclic) bond motifs is 1. The molecule has 0 saturated carbocycles. The summed E-state index contributed by atoms with van der Waals surface area (Å²) in [5.74, 6) is 2.83. The number of hydrogen-bond acceptors (Lipinski definition) is 8. The van der Waals surface area contributed by atoms with Crippen LogP contribution in [0.5, 0.6) is 11.5 Å². The lowest BCUT2D eigenvalue weighted by atomic mass is 9.97. The first kappa shape index (κ1) is 22.2. The van der Waals surface area contributed by atoms with Crippen LogP contribution in [0.2, 0.25) is 0 Å². The van der Waals surface area contributed by atoms with Gasteiger partial charge in [-0.05, 0) is 40.9 Å². The van der Waals surface area contributed by atoms with Gasteiger partial charge in [0.15, 0.2) is 5.82 Å². The van der Waals surface area contributed by atoms with E-state index < -0.39 is 0 Å². The number of nitrogens with zero attached hydrogens (tertiary/aromatic N) is 4. The van der Waals surface area contributed by atoms with E-state index in [2.05, 4.69) is 31.1 Å². The van der Waals surface area contributed by atoms with Gasteiger partial charge in [-0.2, -0.15) is 0 Å². The Morgan fingerprint density at radius 2 is 2.00 bits per heavy atom. The summed E-state index contributed by atoms with van der Waals surface area (Å²) in [6, 6.07) is 5.72. The Balaban J connectivity index is 1.55. The summed E-state index contributed by atoms with van der Waals surface area (Å²) in [7, 11) is 4.71. The molecular formula is C22H26BrN5O4. The predicted molar refractivity (Wildman–Crippen MR) is 125 cm³/mol. The number of hydrogen-bond donors (Lipinski definition) is 1. The van der Waals surface area contributed by atoms with E-state index in [1.165, 1.54) is 7.11 Å². The molecule has 1 fully saturated rings. The Morgan fingerprint density at radius 1 is 1.22 bits per heavy atom. The third-order valence-corrected chi connectivity index (χ3v) is 6.30. The van der Waals surface area contributed by atoms with E-state index >= 15 is 0 Å². The van der Waals surface area contributed by atoms with Gasteiger partial charge in [0.05, 0.1) is 27.2 Å². The molecule has 32 heavy (non-hydrogen) atoms. The number of carbonyl (C=O) groups excluding carboxylic acids is 1. The number of rotatable bonds is 7. The van der Waals surface area contributed by atoms with Crippen LogP contribution in [0.25, 0.3) is 5.52 Å². The zero-order valence-electron chi connectivity index (χ0n) is 18.3. The minimum absolute atomic E-state index is 0.0516. The summed E-state index contributed by atoms with van der Waals surface area (Å²) in [5, 5.41) is 3.40. The number of anilines is 2. The molecule has 3 aromatic rings. The third-order valence-electron chi connectivity index (χ3n) is 5.75. The molecule has 1 N–H and O–H groups in total. The van der Waals surface area contributed by atoms with Crippen LogP contribution in [-0.2, 0) is 16.1 Å². The Hall–Kier alpha value is -3.01. The topological polar surface area (TPSA) is 90.2 Å². The van der Waals surface area contributed by atoms with Gasteiger partial charge in [0.2, 0.25) is 5.95 Å². The molecule has 170 valence electrons. The Labute approximate surface area is 194 Å². The van der Waals surface area contributed by atoms with Gasteiger partial charge in [-0.25, -0.2) is 9.97 Å². The van der Waals surface area contributed by atoms with Gasteiger partial charge < -0.3 is 24.4 Å². The molecule has 0 aliphatic carbocycles. The first-order valence-electron chi connectivity index (χ1n) is 10.4. The van der Waals surface area contributed by atoms with Crippen LogP contribution >= 0.6 is 15.9 Å². The molecule has 1 aromatic carbocycles. The molecule has 1 aliphatic heterocycles. The molecule has 0 unspecified atom stereocenters. The van der Waals surface area contributed by atoms with Crippen molar-refractivity contribution in [2.45, 2.75) is 19.4 Å². The van der Waals surface area contributed by atoms with Crippen molar-refractivity contribution in [2.24, 2.45) is 5.92 Å². The van der Waals surface area contributed by atoms with Crippen molar-refractivity contribution in [3.8, 4) is 11.5 Å². The molecule has 3 heterocycles. The van der Waals surface area contributed by atoms with E-state index in [0.717, 1.165) is 54.5 Å². The third kappa shape index (κ3) is 4.32. The van der Waals surface area contributed by atoms with Gasteiger partial charge in [-0.3, -0.25) is 9.20 Å². The second-order valence-corrected chi connectivity index (χ2v) is 8.26. The van der Waals surface area contributed by atoms with Gasteiger partial charge in [0, 0.05) is 43.7 Å². The SMILES string of the molecule is COC(=O)C1CCN(c2nc(Br)c3c(NCc4ccc(OC)cc4OC)nccn23)CC1. The lowest BCUT2D eigenvalue weighted by Gasteiger charge is -2.30. The van der Waals surface area contributed by atoms with E-state index in [4.69, 9.17) is 19.2 Å². The number of imidazole rings is 1. The zero-order chi connectivity index (χ0) is 22.7. The molecule has 1 aliphatic rings. The number of ether oxygens (including phenoxy) is 3. The highest BCUT2D eigenvalue weighted by atomic mass is 79.9. The molecule has 0 amide bonds. The number of halogens is 1. The lowest BCUT2D eigenvalue weighted by molar-refractivity contribution is -0.146. The number of carbonyl (C=O) groups is 1. The van der Waals surface area contributed by atoms with Gasteiger partial charge in [0.25, 0.3) is 0 Å². The van der Waals surface area contributed by atoms with Crippen LogP contribution in [0.4, 0.5) is 11.8 Å². The number of aromatic nitrogens is 3. The van der Waals surface area contributed by atoms with Crippen molar-refractivity contribution >= 4 is 39.2 Å². The first-order valence-corrected chi connectivity index (χ1v) is 11.1. The molecule has 0 bridgehead atoms. The smallest absolute Gasteiger partial charge is 0.308 e. The molecular weight excluding hydrogens is 478 g/mol. The van der Waals surface area contributed by atoms with E-state index in [1.54, 1.807) is 20.4 Å². The van der Waals surface area contributed by atoms with Gasteiger partial charge in [-0.1, -0.05) is 0 Å². The summed E-state index contributed by atoms with van der Waals surface area (Å²) >= 11 is 3.60. The molecule has 4 rings (SSSR count). The maximum absolute atomic E-state index is 11.8. The van der Waals surface area contributed by atoms with Gasteiger partial charge in [-0.15, -0.1) is 0 Å². The predicted octanol–water partition coefficient (Wildman–Crippen LogP) is 3.51. The standard InChI is InChI=1S/C22H26BrN5O4/c1-30-16-5-4-15(17(12-16)31-2)13-25-20-18-19(23)26-22(28(18)11-8-24-20)27-9-6-14(7-10-27)21(29)32-3/h4-5,8,11-12,14H,6-7,9-10,13H2,1-3H3,(H,24,25). The number of esters is 1. The quantitative estimate of drug-likeness (QED) is 0.489. The van der Waals surface area contributed by atoms with Crippen LogP contribution in [0.1, 0.15) is 18.4 Å². The normalized spacial score (nSPS) is 14.4. The molecule has 0 radical (unpaired) electrons. The number of methoxy groups -OCH3 is 3. The zero-order valence-corrected chi connectivity index (χ0v) is 19.9. The van der Waals surface area contributed by atoms with Crippen molar-refractivity contribution in [1.29, 1.82) is 0 Å². The number of nitrogens with one attached hydrogen (secondary N) is 1. The maximum atomic E-state index is 11.8. The molecule has 0 spiro atoms. The number of benzene rings is 1. The van der Waals surface area contributed by atoms with Crippen molar-refractivity contribution in [3.05, 3.63) is 40.8 Å². The second kappa shape index (κ2) is 9.64. The number of piperidine rings is 1. The molecule has 1 saturated heterocycles. The maximum Gasteiger partial charge on any atom is 0.308 e. The summed E-state index contributed by atoms with van der Waals surface area (Å²) < 4.78 is 18.4. The van der Waals surface area contributed by atoms with E-state index in [1.807, 2.05) is 28.8 Å². The van der Waals surface area contributed by atoms with E-state index in [-0.39, 0.29) is 11.9 Å². The fourth-order valence-electron chi connectivity index (χ4n) is 3.99. The Bertz CT molecular complexity index is 1110. The second-order valence-electron chi connectivity index (χ2n) is 7.51. The average Bonchev–Trinajstić information content (AvgIpc) is 3.19. The summed E-state index contributed by atoms with van der Waals surface area (Å²) in [5.41, 5.74) is 1.84. The Morgan fingerprint density at radius 3 is 2.69 bits per heavy atom. The largest absolute Gasteiger partial charge is 0.497 e. The Kier molecular flexibility index (Phi) is 6.69. The van der Waals surface area contributed by atoms with Crippen molar-refractivity contribution in [1.82, 2.24) is 14.4 Å². The molecule has 2 aromatic heterocycles. The highest BCUT2D eigenvalue weighted by molar-refractivity contribution is 9.10. The van der Waals surface area contributed by atoms with Crippen LogP contribution in [-0.4, -0.2) is 54.8 Å². The highest BCUT2D eigenvalue weighted by Gasteiger charge is 2.28. The van der Waals surface area contributed by atoms with E-state index in [0.29, 0.717) is 17.0 Å². The van der Waals surface area contributed by atoms with Gasteiger partial charge in [0.1, 0.15) is 21.6 Å². The minimum atomic E-state index is -0.136. The fraction of sp³-hybridized carbons (Fsp3) is 0.409. The molecule has 0 atom stereocenters. The lowest BCUT2D eigenvalue weighted by Crippen LogP contribution is -2.37. The summed E-state index contributed by atoms with van der Waals surface area (Å²) in [4.78, 5) is 23.3. The van der Waals surface area contributed by atoms with Crippen LogP contribution < -0.4 is 19.7 Å². The van der Waals surface area contributed by atoms with E-state index in [9.17, 15) is 4.79 Å². The fourth-order valence-corrected chi connectivity index (χ4v) is 4.53. The summed E-state index contributed by atoms with van der Waals surface area (Å²) in [6.07, 6.45) is 5.13. The van der Waals surface area contributed by atoms with Crippen LogP contribution in [0, 0.1) is 5.92 Å². The molecule has 9 nitrogen and oxygen atoms in total. The summed E-state index contributed by atoms with van der Waals surface area (Å²) in [6.45, 7) is 2.00. The minimum Gasteiger partial charge on any atom is -0.497 e. The molecule has 10 heteroatoms. The van der Waals surface area contributed by atoms with Crippen LogP contribution in [0.15, 0.2) is 35.2 Å². The first-order chi connectivity index (χ1) is 15.5. The van der Waals surface area contributed by atoms with Crippen molar-refractivity contribution in [2.75, 3.05) is 44.6 Å².